The molecule has 19 heavy (non-hydrogen) atoms. The van der Waals surface area contributed by atoms with E-state index in [1.165, 1.54) is 44.1 Å². The van der Waals surface area contributed by atoms with Gasteiger partial charge >= 0.3 is 0 Å². The van der Waals surface area contributed by atoms with E-state index in [1.807, 2.05) is 0 Å². The summed E-state index contributed by atoms with van der Waals surface area (Å²) >= 11 is 0. The molecule has 1 unspecified atom stereocenters. The average molecular weight is 256 g/mol. The van der Waals surface area contributed by atoms with E-state index in [9.17, 15) is 0 Å². The summed E-state index contributed by atoms with van der Waals surface area (Å²) in [6.07, 6.45) is 13.7. The first-order chi connectivity index (χ1) is 8.97. The van der Waals surface area contributed by atoms with Crippen molar-refractivity contribution in [1.29, 1.82) is 0 Å². The van der Waals surface area contributed by atoms with Crippen molar-refractivity contribution in [2.45, 2.75) is 66.2 Å². The molecule has 3 aliphatic rings. The zero-order valence-corrected chi connectivity index (χ0v) is 13.1. The van der Waals surface area contributed by atoms with E-state index in [2.05, 4.69) is 39.8 Å². The summed E-state index contributed by atoms with van der Waals surface area (Å²) in [6.45, 7) is 9.36. The summed E-state index contributed by atoms with van der Waals surface area (Å²) < 4.78 is 0. The maximum Gasteiger partial charge on any atom is -0.00901 e. The monoisotopic (exact) mass is 256 g/mol. The average Bonchev–Trinajstić information content (AvgIpc) is 2.91. The minimum Gasteiger partial charge on any atom is -0.0652 e. The number of hydrogen-bond donors (Lipinski definition) is 0. The number of rotatable bonds is 1. The summed E-state index contributed by atoms with van der Waals surface area (Å²) in [5.74, 6) is 1.80. The van der Waals surface area contributed by atoms with Crippen molar-refractivity contribution >= 4 is 0 Å². The van der Waals surface area contributed by atoms with Crippen LogP contribution >= 0.6 is 0 Å². The molecular formula is C19H28. The van der Waals surface area contributed by atoms with Crippen molar-refractivity contribution in [3.63, 3.8) is 0 Å². The summed E-state index contributed by atoms with van der Waals surface area (Å²) in [4.78, 5) is 0. The van der Waals surface area contributed by atoms with Gasteiger partial charge in [-0.1, -0.05) is 57.8 Å². The molecule has 0 heterocycles. The van der Waals surface area contributed by atoms with Crippen LogP contribution in [-0.2, 0) is 0 Å². The number of fused-ring (bicyclic) bond motifs is 1. The van der Waals surface area contributed by atoms with Crippen molar-refractivity contribution in [1.82, 2.24) is 0 Å². The van der Waals surface area contributed by atoms with Gasteiger partial charge in [0.2, 0.25) is 0 Å². The first kappa shape index (κ1) is 13.2. The van der Waals surface area contributed by atoms with Crippen molar-refractivity contribution < 1.29 is 0 Å². The summed E-state index contributed by atoms with van der Waals surface area (Å²) in [7, 11) is 0. The molecule has 0 spiro atoms. The van der Waals surface area contributed by atoms with Gasteiger partial charge in [-0.2, -0.15) is 0 Å². The molecule has 0 aliphatic heterocycles. The van der Waals surface area contributed by atoms with Gasteiger partial charge in [-0.3, -0.25) is 0 Å². The quantitative estimate of drug-likeness (QED) is 0.555. The van der Waals surface area contributed by atoms with Gasteiger partial charge in [0.1, 0.15) is 0 Å². The molecule has 0 heteroatoms. The lowest BCUT2D eigenvalue weighted by Crippen LogP contribution is -2.17. The standard InChI is InChI=1S/C19H28/c1-13-10-17(14-8-6-5-7-9-14)18-12-15(11-16(13)18)19(2,3)4/h11-12,14,17H,5-10H2,1-4H3. The van der Waals surface area contributed by atoms with Gasteiger partial charge < -0.3 is 0 Å². The zero-order chi connectivity index (χ0) is 13.6. The van der Waals surface area contributed by atoms with Crippen molar-refractivity contribution in [2.24, 2.45) is 17.3 Å². The van der Waals surface area contributed by atoms with Crippen LogP contribution in [0.5, 0.6) is 0 Å². The Bertz CT molecular complexity index is 459. The second-order valence-electron chi connectivity index (χ2n) is 7.85. The summed E-state index contributed by atoms with van der Waals surface area (Å²) in [5.41, 5.74) is 6.76. The van der Waals surface area contributed by atoms with Crippen LogP contribution in [0.25, 0.3) is 0 Å². The zero-order valence-electron chi connectivity index (χ0n) is 13.1. The first-order valence-electron chi connectivity index (χ1n) is 8.11. The Morgan fingerprint density at radius 3 is 2.32 bits per heavy atom. The minimum absolute atomic E-state index is 0.293. The molecule has 0 aromatic carbocycles. The molecule has 1 fully saturated rings. The van der Waals surface area contributed by atoms with Crippen LogP contribution in [0.15, 0.2) is 34.4 Å². The molecule has 3 aliphatic carbocycles. The lowest BCUT2D eigenvalue weighted by Gasteiger charge is -2.29. The molecular weight excluding hydrogens is 228 g/mol. The Balaban J connectivity index is 1.87. The smallest absolute Gasteiger partial charge is 0.00901 e. The molecule has 104 valence electrons. The van der Waals surface area contributed by atoms with Crippen LogP contribution in [0.1, 0.15) is 66.2 Å². The largest absolute Gasteiger partial charge is 0.0652 e. The highest BCUT2D eigenvalue weighted by Crippen LogP contribution is 2.50. The van der Waals surface area contributed by atoms with E-state index in [-0.39, 0.29) is 0 Å². The van der Waals surface area contributed by atoms with Gasteiger partial charge in [-0.05, 0) is 60.2 Å². The van der Waals surface area contributed by atoms with E-state index in [1.54, 1.807) is 16.7 Å². The third-order valence-corrected chi connectivity index (χ3v) is 5.39. The highest BCUT2D eigenvalue weighted by Gasteiger charge is 2.36. The van der Waals surface area contributed by atoms with Crippen LogP contribution in [0.2, 0.25) is 0 Å². The molecule has 0 aromatic rings. The van der Waals surface area contributed by atoms with E-state index in [4.69, 9.17) is 0 Å². The minimum atomic E-state index is 0.293. The van der Waals surface area contributed by atoms with Crippen molar-refractivity contribution in [3.8, 4) is 0 Å². The van der Waals surface area contributed by atoms with Gasteiger partial charge in [-0.25, -0.2) is 0 Å². The molecule has 1 atom stereocenters. The Hall–Kier alpha value is -0.780. The molecule has 0 radical (unpaired) electrons. The summed E-state index contributed by atoms with van der Waals surface area (Å²) in [6, 6.07) is 0. The van der Waals surface area contributed by atoms with Gasteiger partial charge in [0.25, 0.3) is 0 Å². The Morgan fingerprint density at radius 2 is 1.68 bits per heavy atom. The SMILES string of the molecule is CC1=C2C=C(C(C)(C)C)C=C2C(C2CCCCC2)C1. The third kappa shape index (κ3) is 2.35. The predicted molar refractivity (Wildman–Crippen MR) is 83.0 cm³/mol. The molecule has 0 saturated heterocycles. The maximum atomic E-state index is 2.53. The predicted octanol–water partition coefficient (Wildman–Crippen LogP) is 5.82. The first-order valence-corrected chi connectivity index (χ1v) is 8.11. The van der Waals surface area contributed by atoms with Gasteiger partial charge in [0.05, 0.1) is 0 Å². The fourth-order valence-corrected chi connectivity index (χ4v) is 4.14. The lowest BCUT2D eigenvalue weighted by molar-refractivity contribution is 0.283. The van der Waals surface area contributed by atoms with Crippen LogP contribution in [0.4, 0.5) is 0 Å². The number of hydrogen-bond acceptors (Lipinski definition) is 0. The van der Waals surface area contributed by atoms with Crippen LogP contribution in [0.3, 0.4) is 0 Å². The van der Waals surface area contributed by atoms with Crippen LogP contribution in [0, 0.1) is 17.3 Å². The van der Waals surface area contributed by atoms with Crippen LogP contribution in [-0.4, -0.2) is 0 Å². The van der Waals surface area contributed by atoms with Crippen LogP contribution < -0.4 is 0 Å². The van der Waals surface area contributed by atoms with Gasteiger partial charge in [0, 0.05) is 0 Å². The maximum absolute atomic E-state index is 2.53. The van der Waals surface area contributed by atoms with Gasteiger partial charge in [-0.15, -0.1) is 0 Å². The van der Waals surface area contributed by atoms with E-state index in [0.29, 0.717) is 5.41 Å². The normalized spacial score (nSPS) is 28.5. The Kier molecular flexibility index (Phi) is 3.23. The van der Waals surface area contributed by atoms with Crippen molar-refractivity contribution in [2.75, 3.05) is 0 Å². The topological polar surface area (TPSA) is 0 Å². The van der Waals surface area contributed by atoms with E-state index >= 15 is 0 Å². The molecule has 0 nitrogen and oxygen atoms in total. The molecule has 1 saturated carbocycles. The lowest BCUT2D eigenvalue weighted by atomic mass is 9.76. The highest BCUT2D eigenvalue weighted by atomic mass is 14.4. The third-order valence-electron chi connectivity index (χ3n) is 5.39. The Morgan fingerprint density at radius 1 is 1.00 bits per heavy atom. The second kappa shape index (κ2) is 4.65. The molecule has 0 bridgehead atoms. The van der Waals surface area contributed by atoms with E-state index in [0.717, 1.165) is 11.8 Å². The fourth-order valence-electron chi connectivity index (χ4n) is 4.14. The summed E-state index contributed by atoms with van der Waals surface area (Å²) in [5, 5.41) is 0. The molecule has 0 N–H and O–H groups in total. The van der Waals surface area contributed by atoms with Crippen molar-refractivity contribution in [3.05, 3.63) is 34.4 Å². The Labute approximate surface area is 118 Å². The van der Waals surface area contributed by atoms with Gasteiger partial charge in [0.15, 0.2) is 0 Å². The second-order valence-corrected chi connectivity index (χ2v) is 7.85. The molecule has 3 rings (SSSR count). The molecule has 0 aromatic heterocycles. The molecule has 0 amide bonds. The number of allylic oxidation sites excluding steroid dienone is 6. The fraction of sp³-hybridized carbons (Fsp3) is 0.684. The van der Waals surface area contributed by atoms with E-state index < -0.39 is 0 Å². The highest BCUT2D eigenvalue weighted by molar-refractivity contribution is 5.60.